The molecule has 0 aliphatic carbocycles. The van der Waals surface area contributed by atoms with Gasteiger partial charge in [0.05, 0.1) is 0 Å². The van der Waals surface area contributed by atoms with E-state index in [1.165, 1.54) is 0 Å². The SMILES string of the molecule is O=P([O-])([O-])C(F)(F)C(F)(F)C(F)(F)C(F)(F)F.[Ba+2]. The molecule has 0 rings (SSSR count). The normalized spacial score (nSPS) is 15.3. The van der Waals surface area contributed by atoms with Crippen molar-refractivity contribution in [3.63, 3.8) is 0 Å². The van der Waals surface area contributed by atoms with E-state index in [-0.39, 0.29) is 48.9 Å². The summed E-state index contributed by atoms with van der Waals surface area (Å²) in [4.78, 5) is 19.2. The fourth-order valence-electron chi connectivity index (χ4n) is 0.539. The van der Waals surface area contributed by atoms with Crippen LogP contribution in [0.1, 0.15) is 0 Å². The molecular weight excluding hydrogens is 435 g/mol. The van der Waals surface area contributed by atoms with E-state index >= 15 is 0 Å². The minimum absolute atomic E-state index is 0. The van der Waals surface area contributed by atoms with Crippen molar-refractivity contribution in [2.75, 3.05) is 0 Å². The molecule has 0 aromatic rings. The minimum atomic E-state index is -7.72. The van der Waals surface area contributed by atoms with Crippen LogP contribution in [-0.4, -0.2) is 72.6 Å². The zero-order valence-corrected chi connectivity index (χ0v) is 13.1. The minimum Gasteiger partial charge on any atom is -0.806 e. The van der Waals surface area contributed by atoms with Crippen molar-refractivity contribution in [3.05, 3.63) is 0 Å². The largest absolute Gasteiger partial charge is 2.00 e. The van der Waals surface area contributed by atoms with E-state index in [0.717, 1.165) is 0 Å². The Labute approximate surface area is 133 Å². The fraction of sp³-hybridized carbons (Fsp3) is 1.00. The van der Waals surface area contributed by atoms with Gasteiger partial charge in [-0.1, -0.05) is 0 Å². The van der Waals surface area contributed by atoms with Crippen molar-refractivity contribution >= 4 is 56.5 Å². The van der Waals surface area contributed by atoms with Gasteiger partial charge in [0.2, 0.25) is 0 Å². The van der Waals surface area contributed by atoms with Gasteiger partial charge in [-0.2, -0.15) is 39.5 Å². The van der Waals surface area contributed by atoms with Crippen molar-refractivity contribution < 1.29 is 53.9 Å². The van der Waals surface area contributed by atoms with E-state index in [1.54, 1.807) is 0 Å². The first kappa shape index (κ1) is 21.4. The second kappa shape index (κ2) is 5.47. The Morgan fingerprint density at radius 3 is 1.17 bits per heavy atom. The summed E-state index contributed by atoms with van der Waals surface area (Å²) in [7, 11) is -7.72. The van der Waals surface area contributed by atoms with Crippen LogP contribution in [0.15, 0.2) is 0 Å². The average molecular weight is 435 g/mol. The zero-order chi connectivity index (χ0) is 14.5. The third-order valence-electron chi connectivity index (χ3n) is 1.47. The van der Waals surface area contributed by atoms with Gasteiger partial charge in [-0.3, -0.25) is 0 Å². The van der Waals surface area contributed by atoms with E-state index in [2.05, 4.69) is 0 Å². The molecule has 0 fully saturated rings. The first-order valence-electron chi connectivity index (χ1n) is 3.22. The molecular formula is C4BaF9O3P. The molecule has 3 nitrogen and oxygen atoms in total. The molecule has 14 heteroatoms. The van der Waals surface area contributed by atoms with Crippen LogP contribution in [-0.2, 0) is 4.57 Å². The van der Waals surface area contributed by atoms with Crippen LogP contribution >= 0.6 is 7.60 Å². The molecule has 18 heavy (non-hydrogen) atoms. The van der Waals surface area contributed by atoms with Crippen molar-refractivity contribution in [2.45, 2.75) is 23.7 Å². The quantitative estimate of drug-likeness (QED) is 0.377. The first-order valence-corrected chi connectivity index (χ1v) is 4.76. The molecule has 0 N–H and O–H groups in total. The molecule has 0 unspecified atom stereocenters. The van der Waals surface area contributed by atoms with Crippen molar-refractivity contribution in [1.82, 2.24) is 0 Å². The van der Waals surface area contributed by atoms with Gasteiger partial charge in [-0.05, 0) is 0 Å². The van der Waals surface area contributed by atoms with Crippen LogP contribution in [0.25, 0.3) is 0 Å². The summed E-state index contributed by atoms with van der Waals surface area (Å²) in [5.74, 6) is -14.8. The van der Waals surface area contributed by atoms with E-state index in [4.69, 9.17) is 0 Å². The summed E-state index contributed by atoms with van der Waals surface area (Å²) in [6.45, 7) is 0. The number of alkyl halides is 9. The predicted octanol–water partition coefficient (Wildman–Crippen LogP) is 0.945. The summed E-state index contributed by atoms with van der Waals surface area (Å²) in [5.41, 5.74) is -7.08. The van der Waals surface area contributed by atoms with Gasteiger partial charge >= 0.3 is 72.6 Å². The summed E-state index contributed by atoms with van der Waals surface area (Å²) < 4.78 is 116. The molecule has 0 aliphatic rings. The Balaban J connectivity index is 0. The molecule has 0 atom stereocenters. The van der Waals surface area contributed by atoms with Crippen molar-refractivity contribution in [3.8, 4) is 0 Å². The molecule has 0 amide bonds. The number of halogens is 9. The Morgan fingerprint density at radius 2 is 1.00 bits per heavy atom. The van der Waals surface area contributed by atoms with Crippen molar-refractivity contribution in [1.29, 1.82) is 0 Å². The maximum atomic E-state index is 12.2. The Bertz CT molecular complexity index is 346. The topological polar surface area (TPSA) is 63.2 Å². The summed E-state index contributed by atoms with van der Waals surface area (Å²) in [5, 5.41) is 0. The van der Waals surface area contributed by atoms with E-state index in [0.29, 0.717) is 0 Å². The third-order valence-corrected chi connectivity index (χ3v) is 2.44. The summed E-state index contributed by atoms with van der Waals surface area (Å²) in [6.07, 6.45) is -7.16. The fourth-order valence-corrected chi connectivity index (χ4v) is 1.02. The molecule has 0 heterocycles. The second-order valence-corrected chi connectivity index (χ2v) is 4.24. The first-order chi connectivity index (χ1) is 7.00. The van der Waals surface area contributed by atoms with Crippen LogP contribution < -0.4 is 9.79 Å². The number of hydrogen-bond acceptors (Lipinski definition) is 3. The number of rotatable bonds is 3. The van der Waals surface area contributed by atoms with Crippen molar-refractivity contribution in [2.24, 2.45) is 0 Å². The molecule has 0 bridgehead atoms. The van der Waals surface area contributed by atoms with Gasteiger partial charge in [-0.25, -0.2) is 0 Å². The number of hydrogen-bond donors (Lipinski definition) is 0. The predicted molar refractivity (Wildman–Crippen MR) is 34.3 cm³/mol. The molecule has 0 radical (unpaired) electrons. The standard InChI is InChI=1S/C4H2F9O3P.Ba/c5-1(6,3(9,10)11)2(7,8)4(12,13)17(14,15)16;/h(H2,14,15,16);/q;+2/p-2. The smallest absolute Gasteiger partial charge is 0.806 e. The average Bonchev–Trinajstić information content (AvgIpc) is 1.98. The Morgan fingerprint density at radius 1 is 0.722 bits per heavy atom. The van der Waals surface area contributed by atoms with Gasteiger partial charge in [0, 0.05) is 7.60 Å². The van der Waals surface area contributed by atoms with Gasteiger partial charge in [0.1, 0.15) is 0 Å². The maximum Gasteiger partial charge on any atom is 2.00 e. The molecule has 0 aromatic carbocycles. The summed E-state index contributed by atoms with van der Waals surface area (Å²) in [6, 6.07) is 0. The van der Waals surface area contributed by atoms with E-state index < -0.39 is 31.3 Å². The molecule has 104 valence electrons. The molecule has 0 saturated heterocycles. The Hall–Kier alpha value is 1.09. The van der Waals surface area contributed by atoms with Crippen LogP contribution in [0.2, 0.25) is 0 Å². The van der Waals surface area contributed by atoms with E-state index in [1.807, 2.05) is 0 Å². The molecule has 0 spiro atoms. The van der Waals surface area contributed by atoms with Crippen LogP contribution in [0, 0.1) is 0 Å². The molecule has 0 saturated carbocycles. The van der Waals surface area contributed by atoms with E-state index in [9.17, 15) is 53.9 Å². The maximum absolute atomic E-state index is 12.2. The van der Waals surface area contributed by atoms with Gasteiger partial charge in [0.15, 0.2) is 0 Å². The van der Waals surface area contributed by atoms with Gasteiger partial charge in [0.25, 0.3) is 0 Å². The molecule has 0 aromatic heterocycles. The molecule has 0 aliphatic heterocycles. The van der Waals surface area contributed by atoms with Crippen LogP contribution in [0.3, 0.4) is 0 Å². The van der Waals surface area contributed by atoms with Crippen LogP contribution in [0.4, 0.5) is 39.5 Å². The Kier molecular flexibility index (Phi) is 6.50. The third kappa shape index (κ3) is 3.22. The van der Waals surface area contributed by atoms with Gasteiger partial charge in [-0.15, -0.1) is 0 Å². The second-order valence-electron chi connectivity index (χ2n) is 2.69. The zero-order valence-electron chi connectivity index (χ0n) is 7.78. The summed E-state index contributed by atoms with van der Waals surface area (Å²) >= 11 is 0. The van der Waals surface area contributed by atoms with Crippen LogP contribution in [0.5, 0.6) is 0 Å². The van der Waals surface area contributed by atoms with Gasteiger partial charge < -0.3 is 14.4 Å². The monoisotopic (exact) mass is 436 g/mol.